The molecule has 186 valence electrons. The molecule has 2 aromatic carbocycles. The van der Waals surface area contributed by atoms with E-state index in [4.69, 9.17) is 4.74 Å². The lowest BCUT2D eigenvalue weighted by molar-refractivity contribution is -0.139. The van der Waals surface area contributed by atoms with E-state index in [2.05, 4.69) is 59.5 Å². The number of rotatable bonds is 7. The maximum atomic E-state index is 10.6. The third-order valence-electron chi connectivity index (χ3n) is 6.12. The molecule has 3 rings (SSSR count). The third-order valence-corrected chi connectivity index (χ3v) is 7.17. The van der Waals surface area contributed by atoms with Gasteiger partial charge in [0.25, 0.3) is 0 Å². The van der Waals surface area contributed by atoms with Crippen molar-refractivity contribution >= 4 is 28.6 Å². The normalized spacial score (nSPS) is 15.4. The number of carbonyl (C=O) groups is 1. The zero-order chi connectivity index (χ0) is 27.3. The third kappa shape index (κ3) is 8.04. The number of nitrogens with zero attached hydrogens (tertiary/aromatic N) is 4. The molecular formula is C30H27IN4O2. The van der Waals surface area contributed by atoms with Gasteiger partial charge in [0.05, 0.1) is 24.3 Å². The fourth-order valence-electron chi connectivity index (χ4n) is 4.10. The first-order valence-corrected chi connectivity index (χ1v) is 12.7. The number of hydrogen-bond donors (Lipinski definition) is 0. The van der Waals surface area contributed by atoms with E-state index >= 15 is 0 Å². The Morgan fingerprint density at radius 2 is 1.76 bits per heavy atom. The number of nitriles is 4. The van der Waals surface area contributed by atoms with E-state index in [0.29, 0.717) is 25.7 Å². The average Bonchev–Trinajstić information content (AvgIpc) is 2.92. The molecule has 1 unspecified atom stereocenters. The van der Waals surface area contributed by atoms with Crippen molar-refractivity contribution in [2.45, 2.75) is 38.5 Å². The number of halogens is 1. The summed E-state index contributed by atoms with van der Waals surface area (Å²) in [5.41, 5.74) is 1.30. The van der Waals surface area contributed by atoms with E-state index in [0.717, 1.165) is 14.7 Å². The Morgan fingerprint density at radius 3 is 2.35 bits per heavy atom. The van der Waals surface area contributed by atoms with E-state index in [1.165, 1.54) is 12.5 Å². The Hall–Kier alpha value is -3.92. The van der Waals surface area contributed by atoms with Crippen molar-refractivity contribution in [3.63, 3.8) is 0 Å². The van der Waals surface area contributed by atoms with E-state index in [1.807, 2.05) is 48.5 Å². The Kier molecular flexibility index (Phi) is 11.1. The molecule has 1 atom stereocenters. The van der Waals surface area contributed by atoms with Crippen LogP contribution in [0.2, 0.25) is 0 Å². The van der Waals surface area contributed by atoms with Gasteiger partial charge >= 0.3 is 5.97 Å². The van der Waals surface area contributed by atoms with Gasteiger partial charge < -0.3 is 4.74 Å². The molecule has 0 aliphatic heterocycles. The molecule has 7 heteroatoms. The second-order valence-corrected chi connectivity index (χ2v) is 9.94. The molecule has 0 saturated carbocycles. The fraction of sp³-hybridized carbons (Fsp3) is 0.300. The van der Waals surface area contributed by atoms with Gasteiger partial charge in [-0.25, -0.2) is 0 Å². The monoisotopic (exact) mass is 602 g/mol. The van der Waals surface area contributed by atoms with Gasteiger partial charge in [-0.05, 0) is 58.2 Å². The minimum atomic E-state index is -1.10. The Balaban J connectivity index is 0.000000269. The van der Waals surface area contributed by atoms with Crippen molar-refractivity contribution in [2.75, 3.05) is 6.61 Å². The van der Waals surface area contributed by atoms with Crippen LogP contribution in [0, 0.1) is 59.7 Å². The maximum absolute atomic E-state index is 10.6. The number of ether oxygens (including phenoxy) is 1. The molecule has 6 nitrogen and oxygen atoms in total. The summed E-state index contributed by atoms with van der Waals surface area (Å²) >= 11 is 2.20. The number of hydrogen-bond acceptors (Lipinski definition) is 6. The molecule has 0 heterocycles. The molecule has 2 aromatic rings. The van der Waals surface area contributed by atoms with Crippen LogP contribution in [0.5, 0.6) is 0 Å². The Morgan fingerprint density at radius 1 is 1.11 bits per heavy atom. The minimum absolute atomic E-state index is 0.115. The van der Waals surface area contributed by atoms with Crippen molar-refractivity contribution < 1.29 is 9.53 Å². The summed E-state index contributed by atoms with van der Waals surface area (Å²) in [6, 6.07) is 24.2. The van der Waals surface area contributed by atoms with Crippen molar-refractivity contribution in [1.29, 1.82) is 21.0 Å². The number of esters is 1. The molecule has 0 amide bonds. The molecule has 37 heavy (non-hydrogen) atoms. The molecule has 0 saturated heterocycles. The van der Waals surface area contributed by atoms with Gasteiger partial charge in [-0.1, -0.05) is 60.7 Å². The van der Waals surface area contributed by atoms with Gasteiger partial charge in [0.15, 0.2) is 5.41 Å². The van der Waals surface area contributed by atoms with E-state index in [-0.39, 0.29) is 18.5 Å². The molecule has 0 N–H and O–H groups in total. The van der Waals surface area contributed by atoms with Crippen LogP contribution in [0.3, 0.4) is 0 Å². The van der Waals surface area contributed by atoms with E-state index < -0.39 is 10.8 Å². The summed E-state index contributed by atoms with van der Waals surface area (Å²) in [5, 5.41) is 37.1. The van der Waals surface area contributed by atoms with Crippen LogP contribution in [-0.4, -0.2) is 12.6 Å². The molecule has 0 bridgehead atoms. The molecule has 1 aliphatic carbocycles. The van der Waals surface area contributed by atoms with Crippen LogP contribution in [0.1, 0.15) is 42.4 Å². The smallest absolute Gasteiger partial charge is 0.302 e. The van der Waals surface area contributed by atoms with Crippen LogP contribution in [0.15, 0.2) is 73.3 Å². The van der Waals surface area contributed by atoms with Gasteiger partial charge in [-0.15, -0.1) is 6.58 Å². The predicted molar refractivity (Wildman–Crippen MR) is 148 cm³/mol. The zero-order valence-electron chi connectivity index (χ0n) is 20.7. The predicted octanol–water partition coefficient (Wildman–Crippen LogP) is 6.31. The van der Waals surface area contributed by atoms with Gasteiger partial charge in [-0.3, -0.25) is 4.79 Å². The van der Waals surface area contributed by atoms with Gasteiger partial charge in [-0.2, -0.15) is 21.0 Å². The van der Waals surface area contributed by atoms with Crippen LogP contribution in [0.4, 0.5) is 0 Å². The zero-order valence-corrected chi connectivity index (χ0v) is 22.8. The highest BCUT2D eigenvalue weighted by molar-refractivity contribution is 14.1. The van der Waals surface area contributed by atoms with Crippen molar-refractivity contribution in [3.8, 4) is 24.3 Å². The minimum Gasteiger partial charge on any atom is -0.462 e. The summed E-state index contributed by atoms with van der Waals surface area (Å²) in [4.78, 5) is 10.6. The molecular weight excluding hydrogens is 575 g/mol. The van der Waals surface area contributed by atoms with Gasteiger partial charge in [0.2, 0.25) is 0 Å². The van der Waals surface area contributed by atoms with Crippen molar-refractivity contribution in [1.82, 2.24) is 0 Å². The summed E-state index contributed by atoms with van der Waals surface area (Å²) in [5.74, 6) is -0.241. The topological polar surface area (TPSA) is 121 Å². The first-order valence-electron chi connectivity index (χ1n) is 11.6. The van der Waals surface area contributed by atoms with Gasteiger partial charge in [0.1, 0.15) is 12.0 Å². The first-order chi connectivity index (χ1) is 17.8. The standard InChI is InChI=1S/C16H15IN2O2.C14H12N2/c1-13(20)21-9-5-4-8-16(11-18,12-19)10-14-6-2-3-7-15(14)17;1-2-11-7-14(9-15,10-16)8-12-5-3-4-6-13(11)12/h2-7H,8-10H2,1H3;2-6,11H,1,7-8H2/b5-4-;. The van der Waals surface area contributed by atoms with Crippen molar-refractivity contribution in [3.05, 3.63) is 93.6 Å². The number of benzene rings is 2. The number of fused-ring (bicyclic) bond motifs is 1. The second-order valence-electron chi connectivity index (χ2n) is 8.78. The first kappa shape index (κ1) is 29.3. The summed E-state index contributed by atoms with van der Waals surface area (Å²) in [6.45, 7) is 5.29. The summed E-state index contributed by atoms with van der Waals surface area (Å²) in [6.07, 6.45) is 6.96. The number of carbonyl (C=O) groups excluding carboxylic acids is 1. The van der Waals surface area contributed by atoms with Gasteiger partial charge in [0, 0.05) is 29.3 Å². The van der Waals surface area contributed by atoms with Crippen LogP contribution >= 0.6 is 22.6 Å². The second kappa shape index (κ2) is 14.0. The quantitative estimate of drug-likeness (QED) is 0.208. The highest BCUT2D eigenvalue weighted by atomic mass is 127. The average molecular weight is 602 g/mol. The molecule has 1 aliphatic rings. The lowest BCUT2D eigenvalue weighted by Gasteiger charge is -2.31. The van der Waals surface area contributed by atoms with Crippen LogP contribution in [-0.2, 0) is 22.4 Å². The van der Waals surface area contributed by atoms with Crippen LogP contribution < -0.4 is 0 Å². The highest BCUT2D eigenvalue weighted by Gasteiger charge is 2.38. The molecule has 0 aromatic heterocycles. The summed E-state index contributed by atoms with van der Waals surface area (Å²) < 4.78 is 5.80. The SMILES string of the molecule is C=CC1CC(C#N)(C#N)Cc2ccccc21.CC(=O)OC/C=C\CC(C#N)(C#N)Cc1ccccc1I. The Labute approximate surface area is 232 Å². The Bertz CT molecular complexity index is 1290. The van der Waals surface area contributed by atoms with E-state index in [1.54, 1.807) is 12.2 Å². The lowest BCUT2D eigenvalue weighted by Crippen LogP contribution is -2.27. The molecule has 0 spiro atoms. The highest BCUT2D eigenvalue weighted by Crippen LogP contribution is 2.42. The molecule has 0 radical (unpaired) electrons. The lowest BCUT2D eigenvalue weighted by atomic mass is 9.68. The van der Waals surface area contributed by atoms with Crippen molar-refractivity contribution in [2.24, 2.45) is 10.8 Å². The van der Waals surface area contributed by atoms with E-state index in [9.17, 15) is 25.8 Å². The number of allylic oxidation sites excluding steroid dienone is 2. The largest absolute Gasteiger partial charge is 0.462 e. The molecule has 0 fully saturated rings. The summed E-state index contributed by atoms with van der Waals surface area (Å²) in [7, 11) is 0. The van der Waals surface area contributed by atoms with Crippen LogP contribution in [0.25, 0.3) is 0 Å². The fourth-order valence-corrected chi connectivity index (χ4v) is 4.68. The maximum Gasteiger partial charge on any atom is 0.302 e.